The molecule has 0 amide bonds. The van der Waals surface area contributed by atoms with Crippen LogP contribution in [0.3, 0.4) is 0 Å². The summed E-state index contributed by atoms with van der Waals surface area (Å²) in [5.74, 6) is 2.81. The first-order chi connectivity index (χ1) is 34.6. The van der Waals surface area contributed by atoms with Gasteiger partial charge in [0.05, 0.1) is 44.4 Å². The van der Waals surface area contributed by atoms with E-state index < -0.39 is 149 Å². The van der Waals surface area contributed by atoms with Gasteiger partial charge in [-0.1, -0.05) is 32.4 Å². The number of ether oxygens (including phenoxy) is 9. The van der Waals surface area contributed by atoms with Gasteiger partial charge in [0.25, 0.3) is 0 Å². The fourth-order valence-electron chi connectivity index (χ4n) is 14.5. The number of rotatable bonds is 15. The molecule has 0 spiro atoms. The van der Waals surface area contributed by atoms with Crippen LogP contribution in [-0.4, -0.2) is 228 Å². The predicted octanol–water partition coefficient (Wildman–Crippen LogP) is -2.06. The molecule has 22 heteroatoms. The van der Waals surface area contributed by atoms with Crippen molar-refractivity contribution in [2.45, 2.75) is 227 Å². The minimum absolute atomic E-state index is 0.0701. The van der Waals surface area contributed by atoms with Gasteiger partial charge in [-0.3, -0.25) is 0 Å². The molecule has 0 aromatic rings. The van der Waals surface area contributed by atoms with E-state index in [1.54, 1.807) is 0 Å². The van der Waals surface area contributed by atoms with E-state index in [4.69, 9.17) is 42.6 Å². The number of hydrogen-bond acceptors (Lipinski definition) is 22. The fraction of sp³-hybridized carbons (Fsp3) is 0.922. The molecule has 29 atom stereocenters. The van der Waals surface area contributed by atoms with Crippen molar-refractivity contribution in [2.75, 3.05) is 26.4 Å². The monoisotopic (exact) mass is 1050 g/mol. The number of aliphatic hydroxyl groups excluding tert-OH is 13. The molecule has 0 bridgehead atoms. The first kappa shape index (κ1) is 56.2. The average molecular weight is 1050 g/mol. The van der Waals surface area contributed by atoms with E-state index >= 15 is 0 Å². The number of hydrogen-bond donors (Lipinski definition) is 13. The Bertz CT molecular complexity index is 1940. The maximum absolute atomic E-state index is 11.4. The van der Waals surface area contributed by atoms with Crippen molar-refractivity contribution in [3.05, 3.63) is 23.0 Å². The van der Waals surface area contributed by atoms with E-state index in [9.17, 15) is 66.4 Å². The largest absolute Gasteiger partial charge is 0.494 e. The van der Waals surface area contributed by atoms with Crippen molar-refractivity contribution in [3.8, 4) is 0 Å². The van der Waals surface area contributed by atoms with E-state index in [0.717, 1.165) is 50.7 Å². The Balaban J connectivity index is 0.811. The Morgan fingerprint density at radius 1 is 0.644 bits per heavy atom. The summed E-state index contributed by atoms with van der Waals surface area (Å²) >= 11 is 0. The van der Waals surface area contributed by atoms with Gasteiger partial charge in [0.2, 0.25) is 0 Å². The van der Waals surface area contributed by atoms with E-state index in [1.165, 1.54) is 18.1 Å². The van der Waals surface area contributed by atoms with Crippen LogP contribution < -0.4 is 0 Å². The highest BCUT2D eigenvalue weighted by atomic mass is 16.8. The Hall–Kier alpha value is -1.56. The SMILES string of the molecule is CC1=C(CC[C@@H](C)CO[C@@H]2O[C@H](CO)[C@@H](O)[C@H](O)[C@H]2O)O[C@H]2C[C@H]3[C@@H]4CC=C5C[C@@H](O[C@@H]6O[C@H](CO)[C@@H](O)[C@H](O)[C@H]6O[C@@H]6O[C@@H](C)[C@H](O[C@@H]7O[C@H](CO)[C@@H](O)[C@H](O)[C@H]7O)[C@@H](O)[C@H]6O)CC[C@]5(C)[C@H]4CC[C@]3(C)[C@@H]12. The van der Waals surface area contributed by atoms with Crippen molar-refractivity contribution < 1.29 is 109 Å². The Labute approximate surface area is 425 Å². The molecule has 3 saturated carbocycles. The molecule has 0 unspecified atom stereocenters. The molecule has 73 heavy (non-hydrogen) atoms. The van der Waals surface area contributed by atoms with Crippen molar-refractivity contribution in [1.82, 2.24) is 0 Å². The molecule has 13 N–H and O–H groups in total. The van der Waals surface area contributed by atoms with Gasteiger partial charge in [0.1, 0.15) is 97.7 Å². The van der Waals surface area contributed by atoms with Gasteiger partial charge < -0.3 is 109 Å². The summed E-state index contributed by atoms with van der Waals surface area (Å²) in [6, 6.07) is 0. The third-order valence-electron chi connectivity index (χ3n) is 18.9. The standard InChI is InChI=1S/C51H82O22/c1-20(19-65-46-41(62)37(58)34(55)30(16-52)69-46)6-9-28-21(2)33-29(68-28)15-27-25-8-7-23-14-24(10-12-50(23,4)26(25)11-13-51(27,33)5)67-49-45(39(60)36(57)32(18-54)71-49)73-47-43(64)40(61)44(22(3)66-47)72-48-42(63)38(59)35(56)31(17-53)70-48/h7,20,22,24-27,29-49,52-64H,6,8-19H2,1-5H3/t20-,22+,24+,25-,26+,27+,29+,30-,31-,32-,33+,34-,35-,36-,37+,38+,39+,40+,41-,42-,43-,44+,45-,46-,47+,48+,49-,50+,51+/m1/s1. The summed E-state index contributed by atoms with van der Waals surface area (Å²) in [7, 11) is 0. The van der Waals surface area contributed by atoms with Crippen LogP contribution in [0.2, 0.25) is 0 Å². The second kappa shape index (κ2) is 22.3. The van der Waals surface area contributed by atoms with Crippen LogP contribution in [0.15, 0.2) is 23.0 Å². The zero-order valence-electron chi connectivity index (χ0n) is 42.3. The highest BCUT2D eigenvalue weighted by Crippen LogP contribution is 2.69. The molecular formula is C51H82O22. The number of fused-ring (bicyclic) bond motifs is 7. The lowest BCUT2D eigenvalue weighted by atomic mass is 9.47. The smallest absolute Gasteiger partial charge is 0.187 e. The topological polar surface area (TPSA) is 346 Å². The quantitative estimate of drug-likeness (QED) is 0.0785. The lowest BCUT2D eigenvalue weighted by molar-refractivity contribution is -0.384. The normalized spacial score (nSPS) is 52.4. The molecular weight excluding hydrogens is 965 g/mol. The van der Waals surface area contributed by atoms with Gasteiger partial charge in [-0.25, -0.2) is 0 Å². The van der Waals surface area contributed by atoms with Crippen molar-refractivity contribution in [3.63, 3.8) is 0 Å². The lowest BCUT2D eigenvalue weighted by Crippen LogP contribution is -2.66. The fourth-order valence-corrected chi connectivity index (χ4v) is 14.5. The molecule has 0 aromatic carbocycles. The molecule has 5 heterocycles. The van der Waals surface area contributed by atoms with Crippen LogP contribution >= 0.6 is 0 Å². The number of allylic oxidation sites excluding steroid dienone is 2. The Kier molecular flexibility index (Phi) is 17.2. The minimum atomic E-state index is -1.83. The third-order valence-corrected chi connectivity index (χ3v) is 18.9. The molecule has 0 radical (unpaired) electrons. The van der Waals surface area contributed by atoms with Crippen LogP contribution in [-0.2, 0) is 42.6 Å². The molecule has 22 nitrogen and oxygen atoms in total. The second-order valence-corrected chi connectivity index (χ2v) is 23.3. The minimum Gasteiger partial charge on any atom is -0.494 e. The van der Waals surface area contributed by atoms with Gasteiger partial charge in [0.15, 0.2) is 25.2 Å². The highest BCUT2D eigenvalue weighted by Gasteiger charge is 2.64. The van der Waals surface area contributed by atoms with Gasteiger partial charge in [0, 0.05) is 12.3 Å². The van der Waals surface area contributed by atoms with E-state index in [2.05, 4.69) is 26.8 Å². The molecule has 7 fully saturated rings. The first-order valence-electron chi connectivity index (χ1n) is 26.5. The van der Waals surface area contributed by atoms with Crippen LogP contribution in [0.1, 0.15) is 92.4 Å². The van der Waals surface area contributed by atoms with Crippen LogP contribution in [0.25, 0.3) is 0 Å². The lowest BCUT2D eigenvalue weighted by Gasteiger charge is -2.58. The second-order valence-electron chi connectivity index (χ2n) is 23.3. The van der Waals surface area contributed by atoms with E-state index in [0.29, 0.717) is 36.5 Å². The van der Waals surface area contributed by atoms with Crippen molar-refractivity contribution in [2.24, 2.45) is 40.4 Å². The van der Waals surface area contributed by atoms with Gasteiger partial charge in [-0.05, 0) is 105 Å². The van der Waals surface area contributed by atoms with Crippen molar-refractivity contribution >= 4 is 0 Å². The van der Waals surface area contributed by atoms with E-state index in [-0.39, 0.29) is 29.5 Å². The summed E-state index contributed by atoms with van der Waals surface area (Å²) in [5, 5.41) is 136. The summed E-state index contributed by atoms with van der Waals surface area (Å²) in [6.07, 6.45) is -19.9. The Morgan fingerprint density at radius 3 is 1.86 bits per heavy atom. The molecule has 9 aliphatic rings. The maximum atomic E-state index is 11.4. The van der Waals surface area contributed by atoms with Gasteiger partial charge >= 0.3 is 0 Å². The van der Waals surface area contributed by atoms with Crippen LogP contribution in [0.4, 0.5) is 0 Å². The van der Waals surface area contributed by atoms with Crippen molar-refractivity contribution in [1.29, 1.82) is 0 Å². The average Bonchev–Trinajstić information content (AvgIpc) is 3.86. The van der Waals surface area contributed by atoms with E-state index in [1.807, 2.05) is 6.92 Å². The van der Waals surface area contributed by atoms with Crippen LogP contribution in [0, 0.1) is 40.4 Å². The zero-order chi connectivity index (χ0) is 52.6. The zero-order valence-corrected chi connectivity index (χ0v) is 42.3. The molecule has 4 aliphatic carbocycles. The summed E-state index contributed by atoms with van der Waals surface area (Å²) in [4.78, 5) is 0. The summed E-state index contributed by atoms with van der Waals surface area (Å²) < 4.78 is 54.1. The highest BCUT2D eigenvalue weighted by molar-refractivity contribution is 5.30. The Morgan fingerprint density at radius 2 is 1.21 bits per heavy atom. The summed E-state index contributed by atoms with van der Waals surface area (Å²) in [5.41, 5.74) is 2.60. The molecule has 418 valence electrons. The first-order valence-corrected chi connectivity index (χ1v) is 26.5. The molecule has 0 aromatic heterocycles. The number of aliphatic hydroxyl groups is 13. The third kappa shape index (κ3) is 10.2. The van der Waals surface area contributed by atoms with Gasteiger partial charge in [-0.2, -0.15) is 0 Å². The predicted molar refractivity (Wildman–Crippen MR) is 249 cm³/mol. The maximum Gasteiger partial charge on any atom is 0.187 e. The molecule has 9 rings (SSSR count). The summed E-state index contributed by atoms with van der Waals surface area (Å²) in [6.45, 7) is 8.97. The molecule has 4 saturated heterocycles. The molecule has 5 aliphatic heterocycles. The van der Waals surface area contributed by atoms with Gasteiger partial charge in [-0.15, -0.1) is 0 Å². The van der Waals surface area contributed by atoms with Crippen LogP contribution in [0.5, 0.6) is 0 Å².